The van der Waals surface area contributed by atoms with Gasteiger partial charge in [0.2, 0.25) is 0 Å². The van der Waals surface area contributed by atoms with Crippen LogP contribution in [0.4, 0.5) is 0 Å². The molecule has 2 nitrogen and oxygen atoms in total. The van der Waals surface area contributed by atoms with Crippen LogP contribution in [0, 0.1) is 6.92 Å². The summed E-state index contributed by atoms with van der Waals surface area (Å²) in [6.45, 7) is 2.67. The van der Waals surface area contributed by atoms with Crippen molar-refractivity contribution in [2.45, 2.75) is 31.6 Å². The van der Waals surface area contributed by atoms with Gasteiger partial charge >= 0.3 is 0 Å². The zero-order chi connectivity index (χ0) is 15.1. The molecule has 2 aromatic carbocycles. The van der Waals surface area contributed by atoms with E-state index in [0.29, 0.717) is 6.54 Å². The molecule has 21 heavy (non-hydrogen) atoms. The highest BCUT2D eigenvalue weighted by Crippen LogP contribution is 2.31. The van der Waals surface area contributed by atoms with E-state index in [1.54, 1.807) is 0 Å². The molecule has 0 spiro atoms. The van der Waals surface area contributed by atoms with Crippen LogP contribution in [-0.4, -0.2) is 18.3 Å². The Bertz CT molecular complexity index is 547. The Labute approximate surface area is 127 Å². The van der Waals surface area contributed by atoms with E-state index < -0.39 is 0 Å². The number of aryl methyl sites for hydroxylation is 2. The van der Waals surface area contributed by atoms with Gasteiger partial charge in [0.1, 0.15) is 0 Å². The first kappa shape index (κ1) is 15.7. The van der Waals surface area contributed by atoms with Crippen molar-refractivity contribution in [3.8, 4) is 0 Å². The molecule has 3 N–H and O–H groups in total. The predicted molar refractivity (Wildman–Crippen MR) is 88.4 cm³/mol. The van der Waals surface area contributed by atoms with Crippen LogP contribution in [0.1, 0.15) is 29.5 Å². The van der Waals surface area contributed by atoms with Gasteiger partial charge in [-0.05, 0) is 42.9 Å². The molecule has 2 heteroatoms. The minimum absolute atomic E-state index is 0.100. The number of rotatable bonds is 7. The molecular weight excluding hydrogens is 258 g/mol. The minimum Gasteiger partial charge on any atom is -0.395 e. The molecule has 2 aromatic rings. The fraction of sp³-hybridized carbons (Fsp3) is 0.368. The maximum Gasteiger partial charge on any atom is 0.0540 e. The zero-order valence-corrected chi connectivity index (χ0v) is 12.8. The first-order chi connectivity index (χ1) is 10.2. The maximum atomic E-state index is 9.97. The predicted octanol–water partition coefficient (Wildman–Crippen LogP) is 3.21. The fourth-order valence-corrected chi connectivity index (χ4v) is 3.02. The van der Waals surface area contributed by atoms with Crippen molar-refractivity contribution in [3.05, 3.63) is 71.3 Å². The Balaban J connectivity index is 2.10. The quantitative estimate of drug-likeness (QED) is 0.819. The van der Waals surface area contributed by atoms with E-state index in [4.69, 9.17) is 5.73 Å². The molecule has 0 aromatic heterocycles. The summed E-state index contributed by atoms with van der Waals surface area (Å²) in [4.78, 5) is 0. The van der Waals surface area contributed by atoms with Crippen LogP contribution >= 0.6 is 0 Å². The summed E-state index contributed by atoms with van der Waals surface area (Å²) in [5.74, 6) is 0. The van der Waals surface area contributed by atoms with Crippen LogP contribution in [0.2, 0.25) is 0 Å². The van der Waals surface area contributed by atoms with E-state index in [-0.39, 0.29) is 12.0 Å². The normalized spacial score (nSPS) is 13.9. The summed E-state index contributed by atoms with van der Waals surface area (Å²) in [6, 6.07) is 18.7. The van der Waals surface area contributed by atoms with Gasteiger partial charge in [0.05, 0.1) is 6.61 Å². The molecule has 0 aliphatic rings. The SMILES string of the molecule is Cc1ccccc1C(CN)(CO)CCCc1ccccc1. The Morgan fingerprint density at radius 2 is 1.67 bits per heavy atom. The van der Waals surface area contributed by atoms with Gasteiger partial charge in [-0.15, -0.1) is 0 Å². The molecule has 0 aliphatic heterocycles. The molecule has 0 saturated heterocycles. The molecule has 0 fully saturated rings. The van der Waals surface area contributed by atoms with Crippen LogP contribution in [0.3, 0.4) is 0 Å². The van der Waals surface area contributed by atoms with Crippen molar-refractivity contribution in [1.82, 2.24) is 0 Å². The van der Waals surface area contributed by atoms with Crippen LogP contribution in [0.25, 0.3) is 0 Å². The Kier molecular flexibility index (Phi) is 5.54. The topological polar surface area (TPSA) is 46.2 Å². The van der Waals surface area contributed by atoms with Crippen molar-refractivity contribution >= 4 is 0 Å². The Morgan fingerprint density at radius 3 is 2.29 bits per heavy atom. The average Bonchev–Trinajstić information content (AvgIpc) is 2.54. The van der Waals surface area contributed by atoms with Gasteiger partial charge in [0.25, 0.3) is 0 Å². The molecule has 0 bridgehead atoms. The van der Waals surface area contributed by atoms with Crippen LogP contribution < -0.4 is 5.73 Å². The highest BCUT2D eigenvalue weighted by molar-refractivity contribution is 5.34. The van der Waals surface area contributed by atoms with Crippen molar-refractivity contribution < 1.29 is 5.11 Å². The molecule has 2 rings (SSSR count). The Hall–Kier alpha value is -1.64. The van der Waals surface area contributed by atoms with E-state index in [9.17, 15) is 5.11 Å². The lowest BCUT2D eigenvalue weighted by Crippen LogP contribution is -2.39. The van der Waals surface area contributed by atoms with Crippen molar-refractivity contribution in [2.24, 2.45) is 5.73 Å². The molecule has 0 aliphatic carbocycles. The van der Waals surface area contributed by atoms with Crippen molar-refractivity contribution in [1.29, 1.82) is 0 Å². The largest absolute Gasteiger partial charge is 0.395 e. The molecule has 1 unspecified atom stereocenters. The molecule has 0 saturated carbocycles. The third-order valence-corrected chi connectivity index (χ3v) is 4.37. The minimum atomic E-state index is -0.319. The van der Waals surface area contributed by atoms with Gasteiger partial charge in [-0.3, -0.25) is 0 Å². The third kappa shape index (κ3) is 3.72. The molecule has 0 radical (unpaired) electrons. The number of aliphatic hydroxyl groups excluding tert-OH is 1. The summed E-state index contributed by atoms with van der Waals surface area (Å²) in [5, 5.41) is 9.97. The lowest BCUT2D eigenvalue weighted by molar-refractivity contribution is 0.185. The zero-order valence-electron chi connectivity index (χ0n) is 12.8. The van der Waals surface area contributed by atoms with E-state index in [1.807, 2.05) is 18.2 Å². The molecule has 0 heterocycles. The lowest BCUT2D eigenvalue weighted by atomic mass is 9.75. The summed E-state index contributed by atoms with van der Waals surface area (Å²) in [7, 11) is 0. The molecule has 0 amide bonds. The smallest absolute Gasteiger partial charge is 0.0540 e. The summed E-state index contributed by atoms with van der Waals surface area (Å²) in [6.07, 6.45) is 2.95. The number of benzene rings is 2. The van der Waals surface area contributed by atoms with Gasteiger partial charge in [-0.2, -0.15) is 0 Å². The van der Waals surface area contributed by atoms with E-state index in [1.165, 1.54) is 16.7 Å². The first-order valence-corrected chi connectivity index (χ1v) is 7.63. The second-order valence-electron chi connectivity index (χ2n) is 5.80. The van der Waals surface area contributed by atoms with Gasteiger partial charge in [0, 0.05) is 12.0 Å². The van der Waals surface area contributed by atoms with Crippen molar-refractivity contribution in [2.75, 3.05) is 13.2 Å². The van der Waals surface area contributed by atoms with Gasteiger partial charge < -0.3 is 10.8 Å². The average molecular weight is 283 g/mol. The highest BCUT2D eigenvalue weighted by atomic mass is 16.3. The van der Waals surface area contributed by atoms with Crippen LogP contribution in [0.5, 0.6) is 0 Å². The molecule has 112 valence electrons. The Morgan fingerprint density at radius 1 is 1.00 bits per heavy atom. The van der Waals surface area contributed by atoms with E-state index in [2.05, 4.69) is 43.3 Å². The number of nitrogens with two attached hydrogens (primary N) is 1. The standard InChI is InChI=1S/C19H25NO/c1-16-8-5-6-12-18(16)19(14-20,15-21)13-7-11-17-9-3-2-4-10-17/h2-6,8-10,12,21H,7,11,13-15,20H2,1H3. The number of aliphatic hydroxyl groups is 1. The van der Waals surface area contributed by atoms with Gasteiger partial charge in [0.15, 0.2) is 0 Å². The van der Waals surface area contributed by atoms with Gasteiger partial charge in [-0.1, -0.05) is 54.6 Å². The van der Waals surface area contributed by atoms with Crippen LogP contribution in [0.15, 0.2) is 54.6 Å². The van der Waals surface area contributed by atoms with E-state index >= 15 is 0 Å². The summed E-state index contributed by atoms with van der Waals surface area (Å²) < 4.78 is 0. The number of hydrogen-bond acceptors (Lipinski definition) is 2. The third-order valence-electron chi connectivity index (χ3n) is 4.37. The van der Waals surface area contributed by atoms with Crippen molar-refractivity contribution in [3.63, 3.8) is 0 Å². The van der Waals surface area contributed by atoms with E-state index in [0.717, 1.165) is 19.3 Å². The van der Waals surface area contributed by atoms with Gasteiger partial charge in [-0.25, -0.2) is 0 Å². The van der Waals surface area contributed by atoms with Crippen LogP contribution in [-0.2, 0) is 11.8 Å². The maximum absolute atomic E-state index is 9.97. The first-order valence-electron chi connectivity index (χ1n) is 7.63. The monoisotopic (exact) mass is 283 g/mol. The molecule has 1 atom stereocenters. The summed E-state index contributed by atoms with van der Waals surface area (Å²) in [5.41, 5.74) is 9.45. The lowest BCUT2D eigenvalue weighted by Gasteiger charge is -2.32. The second kappa shape index (κ2) is 7.39. The second-order valence-corrected chi connectivity index (χ2v) is 5.80. The number of hydrogen-bond donors (Lipinski definition) is 2. The highest BCUT2D eigenvalue weighted by Gasteiger charge is 2.30. The fourth-order valence-electron chi connectivity index (χ4n) is 3.02. The summed E-state index contributed by atoms with van der Waals surface area (Å²) >= 11 is 0. The molecular formula is C19H25NO.